The van der Waals surface area contributed by atoms with Crippen molar-refractivity contribution in [1.29, 1.82) is 0 Å². The van der Waals surface area contributed by atoms with E-state index in [4.69, 9.17) is 5.73 Å². The number of hydrogen-bond acceptors (Lipinski definition) is 4. The standard InChI is InChI=1S/C16H20N4O/c1-10-7-8-18-16(15(10)17)19-11(2)13-5-4-6-14(9-13)20-12(3)21/h4-9,11H,17H2,1-3H3,(H,18,19)(H,20,21). The van der Waals surface area contributed by atoms with Gasteiger partial charge < -0.3 is 16.4 Å². The zero-order chi connectivity index (χ0) is 15.4. The number of pyridine rings is 1. The largest absolute Gasteiger partial charge is 0.396 e. The molecule has 0 aliphatic carbocycles. The SMILES string of the molecule is CC(=O)Nc1cccc(C(C)Nc2nccc(C)c2N)c1. The summed E-state index contributed by atoms with van der Waals surface area (Å²) < 4.78 is 0. The molecule has 0 fully saturated rings. The second-order valence-corrected chi connectivity index (χ2v) is 5.06. The van der Waals surface area contributed by atoms with Crippen molar-refractivity contribution in [2.45, 2.75) is 26.8 Å². The lowest BCUT2D eigenvalue weighted by molar-refractivity contribution is -0.114. The van der Waals surface area contributed by atoms with Crippen LogP contribution in [0.15, 0.2) is 36.5 Å². The molecule has 1 unspecified atom stereocenters. The molecule has 21 heavy (non-hydrogen) atoms. The fourth-order valence-corrected chi connectivity index (χ4v) is 2.06. The van der Waals surface area contributed by atoms with Crippen LogP contribution in [0.1, 0.15) is 31.0 Å². The Morgan fingerprint density at radius 3 is 2.81 bits per heavy atom. The lowest BCUT2D eigenvalue weighted by Crippen LogP contribution is -2.11. The van der Waals surface area contributed by atoms with Crippen molar-refractivity contribution in [1.82, 2.24) is 4.98 Å². The summed E-state index contributed by atoms with van der Waals surface area (Å²) in [5, 5.41) is 6.08. The van der Waals surface area contributed by atoms with Crippen molar-refractivity contribution in [3.8, 4) is 0 Å². The van der Waals surface area contributed by atoms with E-state index in [1.165, 1.54) is 6.92 Å². The topological polar surface area (TPSA) is 80.0 Å². The monoisotopic (exact) mass is 284 g/mol. The van der Waals surface area contributed by atoms with Gasteiger partial charge in [-0.3, -0.25) is 4.79 Å². The smallest absolute Gasteiger partial charge is 0.221 e. The summed E-state index contributed by atoms with van der Waals surface area (Å²) in [4.78, 5) is 15.4. The van der Waals surface area contributed by atoms with Gasteiger partial charge in [0.05, 0.1) is 11.7 Å². The Bertz CT molecular complexity index is 654. The molecular formula is C16H20N4O. The Morgan fingerprint density at radius 2 is 2.10 bits per heavy atom. The van der Waals surface area contributed by atoms with Crippen molar-refractivity contribution in [2.24, 2.45) is 0 Å². The predicted molar refractivity (Wildman–Crippen MR) is 86.2 cm³/mol. The first-order chi connectivity index (χ1) is 9.97. The summed E-state index contributed by atoms with van der Waals surface area (Å²) in [5.74, 6) is 0.588. The highest BCUT2D eigenvalue weighted by atomic mass is 16.1. The molecule has 0 bridgehead atoms. The van der Waals surface area contributed by atoms with E-state index in [2.05, 4.69) is 15.6 Å². The molecule has 0 saturated carbocycles. The Balaban J connectivity index is 2.18. The Labute approximate surface area is 124 Å². The van der Waals surface area contributed by atoms with E-state index >= 15 is 0 Å². The first-order valence-corrected chi connectivity index (χ1v) is 6.82. The highest BCUT2D eigenvalue weighted by Crippen LogP contribution is 2.25. The molecule has 1 aromatic heterocycles. The molecule has 0 radical (unpaired) electrons. The molecule has 1 atom stereocenters. The first kappa shape index (κ1) is 14.8. The molecule has 2 rings (SSSR count). The molecule has 0 saturated heterocycles. The zero-order valence-corrected chi connectivity index (χ0v) is 12.5. The molecule has 5 nitrogen and oxygen atoms in total. The van der Waals surface area contributed by atoms with Crippen LogP contribution in [0.3, 0.4) is 0 Å². The molecule has 0 spiro atoms. The van der Waals surface area contributed by atoms with Gasteiger partial charge in [-0.2, -0.15) is 0 Å². The van der Waals surface area contributed by atoms with Gasteiger partial charge in [-0.1, -0.05) is 12.1 Å². The Hall–Kier alpha value is -2.56. The number of aryl methyl sites for hydroxylation is 1. The van der Waals surface area contributed by atoms with Crippen LogP contribution in [0.4, 0.5) is 17.2 Å². The zero-order valence-electron chi connectivity index (χ0n) is 12.5. The number of amides is 1. The fourth-order valence-electron chi connectivity index (χ4n) is 2.06. The normalized spacial score (nSPS) is 11.8. The Kier molecular flexibility index (Phi) is 4.42. The molecule has 0 aliphatic heterocycles. The summed E-state index contributed by atoms with van der Waals surface area (Å²) in [6, 6.07) is 9.60. The van der Waals surface area contributed by atoms with Crippen LogP contribution in [0.25, 0.3) is 0 Å². The van der Waals surface area contributed by atoms with E-state index in [1.807, 2.05) is 44.2 Å². The van der Waals surface area contributed by atoms with E-state index in [0.717, 1.165) is 16.8 Å². The second kappa shape index (κ2) is 6.26. The van der Waals surface area contributed by atoms with Crippen molar-refractivity contribution < 1.29 is 4.79 Å². The summed E-state index contributed by atoms with van der Waals surface area (Å²) in [5.41, 5.74) is 9.49. The molecule has 0 aliphatic rings. The maximum atomic E-state index is 11.1. The number of nitrogens with zero attached hydrogens (tertiary/aromatic N) is 1. The second-order valence-electron chi connectivity index (χ2n) is 5.06. The number of nitrogens with two attached hydrogens (primary N) is 1. The minimum Gasteiger partial charge on any atom is -0.396 e. The van der Waals surface area contributed by atoms with Crippen molar-refractivity contribution >= 4 is 23.1 Å². The molecule has 4 N–H and O–H groups in total. The fraction of sp³-hybridized carbons (Fsp3) is 0.250. The highest BCUT2D eigenvalue weighted by Gasteiger charge is 2.10. The summed E-state index contributed by atoms with van der Waals surface area (Å²) >= 11 is 0. The summed E-state index contributed by atoms with van der Waals surface area (Å²) in [6.07, 6.45) is 1.73. The van der Waals surface area contributed by atoms with Crippen LogP contribution in [-0.2, 0) is 4.79 Å². The third kappa shape index (κ3) is 3.72. The molecule has 1 heterocycles. The van der Waals surface area contributed by atoms with E-state index in [9.17, 15) is 4.79 Å². The van der Waals surface area contributed by atoms with Crippen molar-refractivity contribution in [3.05, 3.63) is 47.7 Å². The van der Waals surface area contributed by atoms with Gasteiger partial charge in [0.1, 0.15) is 5.82 Å². The molecular weight excluding hydrogens is 264 g/mol. The average Bonchev–Trinajstić information content (AvgIpc) is 2.43. The number of nitrogen functional groups attached to an aromatic ring is 1. The highest BCUT2D eigenvalue weighted by molar-refractivity contribution is 5.88. The number of carbonyl (C=O) groups is 1. The predicted octanol–water partition coefficient (Wildman–Crippen LogP) is 3.10. The van der Waals surface area contributed by atoms with E-state index in [1.54, 1.807) is 6.20 Å². The molecule has 2 aromatic rings. The summed E-state index contributed by atoms with van der Waals surface area (Å²) in [6.45, 7) is 5.46. The van der Waals surface area contributed by atoms with Crippen LogP contribution >= 0.6 is 0 Å². The number of nitrogens with one attached hydrogen (secondary N) is 2. The van der Waals surface area contributed by atoms with E-state index < -0.39 is 0 Å². The van der Waals surface area contributed by atoms with Crippen molar-refractivity contribution in [3.63, 3.8) is 0 Å². The van der Waals surface area contributed by atoms with Crippen LogP contribution in [0.2, 0.25) is 0 Å². The van der Waals surface area contributed by atoms with Crippen LogP contribution in [-0.4, -0.2) is 10.9 Å². The molecule has 5 heteroatoms. The first-order valence-electron chi connectivity index (χ1n) is 6.82. The third-order valence-electron chi connectivity index (χ3n) is 3.27. The maximum absolute atomic E-state index is 11.1. The average molecular weight is 284 g/mol. The molecule has 1 aromatic carbocycles. The minimum atomic E-state index is -0.0858. The number of benzene rings is 1. The van der Waals surface area contributed by atoms with Gasteiger partial charge in [0.2, 0.25) is 5.91 Å². The maximum Gasteiger partial charge on any atom is 0.221 e. The van der Waals surface area contributed by atoms with E-state index in [0.29, 0.717) is 11.5 Å². The van der Waals surface area contributed by atoms with Crippen LogP contribution < -0.4 is 16.4 Å². The lowest BCUT2D eigenvalue weighted by Gasteiger charge is -2.18. The van der Waals surface area contributed by atoms with Gasteiger partial charge in [-0.15, -0.1) is 0 Å². The molecule has 110 valence electrons. The molecule has 1 amide bonds. The number of anilines is 3. The van der Waals surface area contributed by atoms with Gasteiger partial charge in [0, 0.05) is 18.8 Å². The van der Waals surface area contributed by atoms with Gasteiger partial charge in [0.25, 0.3) is 0 Å². The lowest BCUT2D eigenvalue weighted by atomic mass is 10.1. The van der Waals surface area contributed by atoms with E-state index in [-0.39, 0.29) is 11.9 Å². The van der Waals surface area contributed by atoms with Crippen LogP contribution in [0, 0.1) is 6.92 Å². The van der Waals surface area contributed by atoms with Gasteiger partial charge in [0.15, 0.2) is 0 Å². The number of aromatic nitrogens is 1. The minimum absolute atomic E-state index is 0.0234. The number of rotatable bonds is 4. The summed E-state index contributed by atoms with van der Waals surface area (Å²) in [7, 11) is 0. The number of hydrogen-bond donors (Lipinski definition) is 3. The van der Waals surface area contributed by atoms with Crippen LogP contribution in [0.5, 0.6) is 0 Å². The van der Waals surface area contributed by atoms with Gasteiger partial charge in [-0.25, -0.2) is 4.98 Å². The third-order valence-corrected chi connectivity index (χ3v) is 3.27. The Morgan fingerprint density at radius 1 is 1.33 bits per heavy atom. The van der Waals surface area contributed by atoms with Crippen molar-refractivity contribution in [2.75, 3.05) is 16.4 Å². The quantitative estimate of drug-likeness (QED) is 0.806. The van der Waals surface area contributed by atoms with Gasteiger partial charge in [-0.05, 0) is 43.2 Å². The van der Waals surface area contributed by atoms with Gasteiger partial charge >= 0.3 is 0 Å². The number of carbonyl (C=O) groups excluding carboxylic acids is 1.